The highest BCUT2D eigenvalue weighted by Gasteiger charge is 2.16. The van der Waals surface area contributed by atoms with Crippen molar-refractivity contribution in [2.45, 2.75) is 0 Å². The molecule has 0 atom stereocenters. The van der Waals surface area contributed by atoms with Crippen LogP contribution in [-0.4, -0.2) is 50.7 Å². The van der Waals surface area contributed by atoms with Gasteiger partial charge in [-0.2, -0.15) is 5.10 Å². The van der Waals surface area contributed by atoms with Crippen LogP contribution in [0.2, 0.25) is 5.02 Å². The molecule has 13 heteroatoms. The van der Waals surface area contributed by atoms with Crippen LogP contribution in [0.4, 0.5) is 26.4 Å². The first-order chi connectivity index (χ1) is 18.9. The molecule has 1 heterocycles. The number of hydrazone groups is 1. The van der Waals surface area contributed by atoms with Gasteiger partial charge in [0.1, 0.15) is 23.7 Å². The summed E-state index contributed by atoms with van der Waals surface area (Å²) in [6, 6.07) is 10.2. The molecule has 11 nitrogen and oxygen atoms in total. The fourth-order valence-corrected chi connectivity index (χ4v) is 3.88. The standard InChI is InChI=1S/C26H24ClFN6O5/c1-36-21-8-5-14(23(38-3)24(21)39-4)12-31-34-26(35)33-20-10-16-19(11-22(20)37-2)29-13-30-25(16)32-15-6-7-18(28)17(27)9-15/h5-13H,1-4H3,(H,29,30,32)(H2,33,34,35)/b31-12+. The first-order valence-electron chi connectivity index (χ1n) is 11.3. The number of amides is 2. The van der Waals surface area contributed by atoms with Crippen molar-refractivity contribution in [3.05, 3.63) is 65.2 Å². The van der Waals surface area contributed by atoms with Gasteiger partial charge in [0.25, 0.3) is 0 Å². The Morgan fingerprint density at radius 1 is 0.949 bits per heavy atom. The lowest BCUT2D eigenvalue weighted by molar-refractivity contribution is 0.252. The molecule has 0 spiro atoms. The number of fused-ring (bicyclic) bond motifs is 1. The number of carbonyl (C=O) groups is 1. The fourth-order valence-electron chi connectivity index (χ4n) is 3.70. The number of ether oxygens (including phenoxy) is 4. The number of halogens is 2. The molecule has 39 heavy (non-hydrogen) atoms. The van der Waals surface area contributed by atoms with Gasteiger partial charge < -0.3 is 29.6 Å². The molecular weight excluding hydrogens is 531 g/mol. The predicted octanol–water partition coefficient (Wildman–Crippen LogP) is 5.36. The Balaban J connectivity index is 1.56. The van der Waals surface area contributed by atoms with Crippen LogP contribution in [0.15, 0.2) is 53.9 Å². The summed E-state index contributed by atoms with van der Waals surface area (Å²) < 4.78 is 35.0. The highest BCUT2D eigenvalue weighted by atomic mass is 35.5. The van der Waals surface area contributed by atoms with Crippen LogP contribution in [0, 0.1) is 5.82 Å². The highest BCUT2D eigenvalue weighted by Crippen LogP contribution is 2.39. The van der Waals surface area contributed by atoms with Crippen LogP contribution in [0.5, 0.6) is 23.0 Å². The van der Waals surface area contributed by atoms with Crippen LogP contribution in [0.25, 0.3) is 10.9 Å². The minimum atomic E-state index is -0.639. The lowest BCUT2D eigenvalue weighted by atomic mass is 10.2. The minimum Gasteiger partial charge on any atom is -0.494 e. The van der Waals surface area contributed by atoms with E-state index in [1.165, 1.54) is 59.2 Å². The van der Waals surface area contributed by atoms with Gasteiger partial charge in [0.05, 0.1) is 50.9 Å². The van der Waals surface area contributed by atoms with Crippen LogP contribution >= 0.6 is 11.6 Å². The van der Waals surface area contributed by atoms with Gasteiger partial charge in [0, 0.05) is 22.7 Å². The quantitative estimate of drug-likeness (QED) is 0.186. The van der Waals surface area contributed by atoms with Crippen LogP contribution < -0.4 is 35.0 Å². The van der Waals surface area contributed by atoms with Gasteiger partial charge in [-0.25, -0.2) is 24.6 Å². The van der Waals surface area contributed by atoms with E-state index in [-0.39, 0.29) is 5.02 Å². The summed E-state index contributed by atoms with van der Waals surface area (Å²) in [5.74, 6) is 1.50. The summed E-state index contributed by atoms with van der Waals surface area (Å²) in [6.07, 6.45) is 2.77. The van der Waals surface area contributed by atoms with E-state index < -0.39 is 11.8 Å². The third-order valence-electron chi connectivity index (χ3n) is 5.49. The average Bonchev–Trinajstić information content (AvgIpc) is 2.94. The van der Waals surface area contributed by atoms with Crippen molar-refractivity contribution < 1.29 is 28.1 Å². The molecule has 3 N–H and O–H groups in total. The number of aromatic nitrogens is 2. The van der Waals surface area contributed by atoms with Gasteiger partial charge in [-0.3, -0.25) is 0 Å². The molecule has 0 saturated carbocycles. The number of urea groups is 1. The number of nitrogens with zero attached hydrogens (tertiary/aromatic N) is 3. The molecule has 1 aromatic heterocycles. The van der Waals surface area contributed by atoms with Crippen molar-refractivity contribution in [2.75, 3.05) is 39.1 Å². The lowest BCUT2D eigenvalue weighted by Crippen LogP contribution is -2.24. The van der Waals surface area contributed by atoms with E-state index in [0.717, 1.165) is 0 Å². The monoisotopic (exact) mass is 554 g/mol. The maximum atomic E-state index is 13.6. The van der Waals surface area contributed by atoms with Gasteiger partial charge in [0.2, 0.25) is 5.75 Å². The molecule has 0 bridgehead atoms. The number of rotatable bonds is 9. The zero-order valence-corrected chi connectivity index (χ0v) is 22.1. The Morgan fingerprint density at radius 3 is 2.41 bits per heavy atom. The van der Waals surface area contributed by atoms with Gasteiger partial charge in [0.15, 0.2) is 11.5 Å². The molecule has 4 rings (SSSR count). The summed E-state index contributed by atoms with van der Waals surface area (Å²) in [5, 5.41) is 10.3. The normalized spacial score (nSPS) is 10.8. The van der Waals surface area contributed by atoms with Crippen molar-refractivity contribution in [3.63, 3.8) is 0 Å². The summed E-state index contributed by atoms with van der Waals surface area (Å²) in [7, 11) is 5.96. The Hall–Kier alpha value is -4.84. The number of anilines is 3. The maximum absolute atomic E-state index is 13.6. The third-order valence-corrected chi connectivity index (χ3v) is 5.78. The van der Waals surface area contributed by atoms with Gasteiger partial charge in [-0.1, -0.05) is 11.6 Å². The van der Waals surface area contributed by atoms with E-state index in [1.807, 2.05) is 0 Å². The van der Waals surface area contributed by atoms with Gasteiger partial charge >= 0.3 is 6.03 Å². The summed E-state index contributed by atoms with van der Waals surface area (Å²) in [5.41, 5.74) is 4.34. The van der Waals surface area contributed by atoms with Crippen molar-refractivity contribution in [1.82, 2.24) is 15.4 Å². The van der Waals surface area contributed by atoms with E-state index in [9.17, 15) is 9.18 Å². The number of hydrogen-bond acceptors (Lipinski definition) is 9. The summed E-state index contributed by atoms with van der Waals surface area (Å²) >= 11 is 5.90. The number of benzene rings is 3. The van der Waals surface area contributed by atoms with E-state index in [1.54, 1.807) is 24.3 Å². The third kappa shape index (κ3) is 6.02. The topological polar surface area (TPSA) is 128 Å². The number of hydrogen-bond donors (Lipinski definition) is 3. The van der Waals surface area contributed by atoms with Gasteiger partial charge in [-0.05, 0) is 36.4 Å². The molecule has 0 radical (unpaired) electrons. The fraction of sp³-hybridized carbons (Fsp3) is 0.154. The zero-order chi connectivity index (χ0) is 27.9. The first-order valence-corrected chi connectivity index (χ1v) is 11.7. The zero-order valence-electron chi connectivity index (χ0n) is 21.3. The number of nitrogens with one attached hydrogen (secondary N) is 3. The van der Waals surface area contributed by atoms with Crippen LogP contribution in [0.1, 0.15) is 5.56 Å². The predicted molar refractivity (Wildman–Crippen MR) is 147 cm³/mol. The number of carbonyl (C=O) groups excluding carboxylic acids is 1. The number of methoxy groups -OCH3 is 4. The minimum absolute atomic E-state index is 0.0367. The van der Waals surface area contributed by atoms with E-state index in [2.05, 4.69) is 31.1 Å². The second-order valence-electron chi connectivity index (χ2n) is 7.79. The maximum Gasteiger partial charge on any atom is 0.339 e. The molecule has 4 aromatic rings. The van der Waals surface area contributed by atoms with E-state index in [4.69, 9.17) is 30.5 Å². The van der Waals surface area contributed by atoms with Crippen molar-refractivity contribution in [3.8, 4) is 23.0 Å². The first kappa shape index (κ1) is 27.2. The largest absolute Gasteiger partial charge is 0.494 e. The SMILES string of the molecule is COc1cc2ncnc(Nc3ccc(F)c(Cl)c3)c2cc1NC(=O)N/N=C/c1ccc(OC)c(OC)c1OC. The van der Waals surface area contributed by atoms with Crippen molar-refractivity contribution in [2.24, 2.45) is 5.10 Å². The molecule has 202 valence electrons. The van der Waals surface area contributed by atoms with Crippen LogP contribution in [0.3, 0.4) is 0 Å². The second-order valence-corrected chi connectivity index (χ2v) is 8.20. The summed E-state index contributed by atoms with van der Waals surface area (Å²) in [6.45, 7) is 0. The van der Waals surface area contributed by atoms with Crippen LogP contribution in [-0.2, 0) is 0 Å². The molecule has 0 unspecified atom stereocenters. The smallest absolute Gasteiger partial charge is 0.339 e. The molecular formula is C26H24ClFN6O5. The van der Waals surface area contributed by atoms with Gasteiger partial charge in [-0.15, -0.1) is 0 Å². The average molecular weight is 555 g/mol. The molecule has 0 aliphatic heterocycles. The molecule has 0 aliphatic rings. The molecule has 0 aliphatic carbocycles. The molecule has 0 saturated heterocycles. The Labute approximate surface area is 227 Å². The Bertz CT molecular complexity index is 1550. The lowest BCUT2D eigenvalue weighted by Gasteiger charge is -2.14. The highest BCUT2D eigenvalue weighted by molar-refractivity contribution is 6.31. The van der Waals surface area contributed by atoms with Crippen molar-refractivity contribution in [1.29, 1.82) is 0 Å². The summed E-state index contributed by atoms with van der Waals surface area (Å²) in [4.78, 5) is 21.2. The Morgan fingerprint density at radius 2 is 1.72 bits per heavy atom. The Kier molecular flexibility index (Phi) is 8.46. The molecule has 3 aromatic carbocycles. The molecule has 0 fully saturated rings. The van der Waals surface area contributed by atoms with Crippen molar-refractivity contribution >= 4 is 51.9 Å². The molecule has 2 amide bonds. The second kappa shape index (κ2) is 12.1. The van der Waals surface area contributed by atoms with E-state index >= 15 is 0 Å². The van der Waals surface area contributed by atoms with E-state index in [0.29, 0.717) is 56.7 Å².